The lowest BCUT2D eigenvalue weighted by molar-refractivity contribution is 0.102. The molecule has 136 valence electrons. The summed E-state index contributed by atoms with van der Waals surface area (Å²) in [6.07, 6.45) is 3.15. The molecule has 0 spiro atoms. The molecule has 1 amide bonds. The third-order valence-electron chi connectivity index (χ3n) is 4.95. The summed E-state index contributed by atoms with van der Waals surface area (Å²) < 4.78 is 14.8. The molecule has 5 nitrogen and oxygen atoms in total. The van der Waals surface area contributed by atoms with E-state index >= 15 is 0 Å². The Balaban J connectivity index is 1.65. The molecule has 1 aromatic heterocycles. The minimum Gasteiger partial charge on any atom is -0.383 e. The van der Waals surface area contributed by atoms with E-state index in [1.165, 1.54) is 22.9 Å². The van der Waals surface area contributed by atoms with Gasteiger partial charge in [-0.25, -0.2) is 4.39 Å². The van der Waals surface area contributed by atoms with E-state index in [-0.39, 0.29) is 10.9 Å². The highest BCUT2D eigenvalue weighted by Gasteiger charge is 2.35. The first-order valence-corrected chi connectivity index (χ1v) is 9.85. The Labute approximate surface area is 159 Å². The highest BCUT2D eigenvalue weighted by atomic mass is 35.5. The number of amides is 1. The molecule has 0 saturated carbocycles. The number of anilines is 2. The fourth-order valence-corrected chi connectivity index (χ4v) is 5.17. The lowest BCUT2D eigenvalue weighted by Crippen LogP contribution is -2.15. The summed E-state index contributed by atoms with van der Waals surface area (Å²) in [6.45, 7) is 0. The number of halogens is 2. The molecule has 26 heavy (non-hydrogen) atoms. The molecule has 0 radical (unpaired) electrons. The Hall–Kier alpha value is -1.99. The molecule has 1 aliphatic carbocycles. The van der Waals surface area contributed by atoms with Gasteiger partial charge in [-0.05, 0) is 53.5 Å². The smallest absolute Gasteiger partial charge is 0.261 e. The SMILES string of the molecule is Cn1nc(C2=CC3CSCC3C2)c(C(=O)Nc2ccc(F)c(Cl)c2)c1N. The van der Waals surface area contributed by atoms with Crippen LogP contribution >= 0.6 is 23.4 Å². The van der Waals surface area contributed by atoms with Crippen molar-refractivity contribution in [2.75, 3.05) is 22.6 Å². The van der Waals surface area contributed by atoms with Gasteiger partial charge in [0.2, 0.25) is 0 Å². The zero-order chi connectivity index (χ0) is 18.4. The summed E-state index contributed by atoms with van der Waals surface area (Å²) in [7, 11) is 1.72. The lowest BCUT2D eigenvalue weighted by atomic mass is 9.99. The molecule has 2 atom stereocenters. The second-order valence-corrected chi connectivity index (χ2v) is 8.16. The number of nitrogens with one attached hydrogen (secondary N) is 1. The number of aryl methyl sites for hydroxylation is 1. The first kappa shape index (κ1) is 17.4. The number of carbonyl (C=O) groups is 1. The van der Waals surface area contributed by atoms with Gasteiger partial charge in [-0.15, -0.1) is 0 Å². The third kappa shape index (κ3) is 2.99. The van der Waals surface area contributed by atoms with Gasteiger partial charge in [0.25, 0.3) is 5.91 Å². The van der Waals surface area contributed by atoms with Gasteiger partial charge in [0.05, 0.1) is 5.02 Å². The topological polar surface area (TPSA) is 72.9 Å². The molecule has 8 heteroatoms. The van der Waals surface area contributed by atoms with Crippen molar-refractivity contribution in [2.24, 2.45) is 18.9 Å². The molecule has 2 unspecified atom stereocenters. The molecule has 1 fully saturated rings. The summed E-state index contributed by atoms with van der Waals surface area (Å²) >= 11 is 7.76. The maximum Gasteiger partial charge on any atom is 0.261 e. The number of allylic oxidation sites excluding steroid dienone is 2. The van der Waals surface area contributed by atoms with Gasteiger partial charge in [-0.3, -0.25) is 9.48 Å². The molecule has 2 aliphatic rings. The van der Waals surface area contributed by atoms with E-state index < -0.39 is 5.82 Å². The molecular weight excluding hydrogens is 375 g/mol. The number of nitrogens with two attached hydrogens (primary N) is 1. The van der Waals surface area contributed by atoms with E-state index in [2.05, 4.69) is 16.5 Å². The summed E-state index contributed by atoms with van der Waals surface area (Å²) in [5.74, 6) is 2.81. The van der Waals surface area contributed by atoms with Crippen LogP contribution in [0.1, 0.15) is 22.5 Å². The van der Waals surface area contributed by atoms with Gasteiger partial charge >= 0.3 is 0 Å². The maximum atomic E-state index is 13.3. The van der Waals surface area contributed by atoms with Gasteiger partial charge in [0, 0.05) is 12.7 Å². The predicted octanol–water partition coefficient (Wildman–Crippen LogP) is 3.81. The van der Waals surface area contributed by atoms with Crippen LogP contribution in [-0.2, 0) is 7.05 Å². The van der Waals surface area contributed by atoms with E-state index in [9.17, 15) is 9.18 Å². The van der Waals surface area contributed by atoms with Crippen molar-refractivity contribution < 1.29 is 9.18 Å². The highest BCUT2D eigenvalue weighted by Crippen LogP contribution is 2.45. The van der Waals surface area contributed by atoms with Crippen LogP contribution in [0.4, 0.5) is 15.9 Å². The molecule has 1 saturated heterocycles. The zero-order valence-corrected chi connectivity index (χ0v) is 15.7. The Morgan fingerprint density at radius 3 is 3.00 bits per heavy atom. The van der Waals surface area contributed by atoms with E-state index in [1.807, 2.05) is 11.8 Å². The summed E-state index contributed by atoms with van der Waals surface area (Å²) in [6, 6.07) is 4.04. The van der Waals surface area contributed by atoms with Crippen molar-refractivity contribution in [3.05, 3.63) is 46.4 Å². The number of rotatable bonds is 3. The molecule has 3 N–H and O–H groups in total. The average Bonchev–Trinajstić information content (AvgIpc) is 3.25. The van der Waals surface area contributed by atoms with Crippen molar-refractivity contribution in [1.29, 1.82) is 0 Å². The van der Waals surface area contributed by atoms with E-state index in [4.69, 9.17) is 17.3 Å². The molecule has 2 heterocycles. The number of nitrogens with zero attached hydrogens (tertiary/aromatic N) is 2. The summed E-state index contributed by atoms with van der Waals surface area (Å²) in [5, 5.41) is 7.17. The fourth-order valence-electron chi connectivity index (χ4n) is 3.55. The Bertz CT molecular complexity index is 926. The van der Waals surface area contributed by atoms with Crippen LogP contribution in [0.15, 0.2) is 24.3 Å². The van der Waals surface area contributed by atoms with Crippen molar-refractivity contribution in [1.82, 2.24) is 9.78 Å². The Morgan fingerprint density at radius 1 is 1.46 bits per heavy atom. The monoisotopic (exact) mass is 392 g/mol. The van der Waals surface area contributed by atoms with Gasteiger partial charge < -0.3 is 11.1 Å². The number of thioether (sulfide) groups is 1. The van der Waals surface area contributed by atoms with Crippen LogP contribution in [0, 0.1) is 17.7 Å². The largest absolute Gasteiger partial charge is 0.383 e. The van der Waals surface area contributed by atoms with Crippen molar-refractivity contribution in [3.63, 3.8) is 0 Å². The third-order valence-corrected chi connectivity index (χ3v) is 6.52. The van der Waals surface area contributed by atoms with Crippen molar-refractivity contribution in [3.8, 4) is 0 Å². The predicted molar refractivity (Wildman–Crippen MR) is 104 cm³/mol. The van der Waals surface area contributed by atoms with Crippen LogP contribution in [0.5, 0.6) is 0 Å². The summed E-state index contributed by atoms with van der Waals surface area (Å²) in [4.78, 5) is 12.9. The van der Waals surface area contributed by atoms with Crippen LogP contribution in [-0.4, -0.2) is 27.2 Å². The molecule has 1 aliphatic heterocycles. The number of benzene rings is 1. The maximum absolute atomic E-state index is 13.3. The molecule has 0 bridgehead atoms. The standard InChI is InChI=1S/C18H18ClFN4OS/c1-24-17(21)15(18(25)22-12-2-3-14(20)13(19)6-12)16(23-24)9-4-10-7-26-8-11(10)5-9/h2-4,6,10-11H,5,7-8,21H2,1H3,(H,22,25). The van der Waals surface area contributed by atoms with Crippen LogP contribution in [0.3, 0.4) is 0 Å². The number of nitrogen functional groups attached to an aromatic ring is 1. The number of hydrogen-bond donors (Lipinski definition) is 2. The van der Waals surface area contributed by atoms with Gasteiger partial charge in [-0.2, -0.15) is 16.9 Å². The molecule has 1 aromatic carbocycles. The number of aromatic nitrogens is 2. The number of fused-ring (bicyclic) bond motifs is 1. The van der Waals surface area contributed by atoms with E-state index in [1.54, 1.807) is 7.05 Å². The van der Waals surface area contributed by atoms with E-state index in [0.717, 1.165) is 23.5 Å². The quantitative estimate of drug-likeness (QED) is 0.832. The second-order valence-electron chi connectivity index (χ2n) is 6.67. The van der Waals surface area contributed by atoms with Crippen LogP contribution < -0.4 is 11.1 Å². The normalized spacial score (nSPS) is 21.6. The molecule has 2 aromatic rings. The minimum absolute atomic E-state index is 0.0500. The summed E-state index contributed by atoms with van der Waals surface area (Å²) in [5.41, 5.74) is 8.59. The lowest BCUT2D eigenvalue weighted by Gasteiger charge is -2.08. The van der Waals surface area contributed by atoms with Crippen LogP contribution in [0.25, 0.3) is 5.57 Å². The molecular formula is C18H18ClFN4OS. The first-order valence-electron chi connectivity index (χ1n) is 8.31. The number of hydrogen-bond acceptors (Lipinski definition) is 4. The first-order chi connectivity index (χ1) is 12.4. The van der Waals surface area contributed by atoms with Gasteiger partial charge in [-0.1, -0.05) is 17.7 Å². The fraction of sp³-hybridized carbons (Fsp3) is 0.333. The Kier molecular flexibility index (Phi) is 4.44. The molecule has 4 rings (SSSR count). The van der Waals surface area contributed by atoms with E-state index in [0.29, 0.717) is 34.6 Å². The minimum atomic E-state index is -0.535. The highest BCUT2D eigenvalue weighted by molar-refractivity contribution is 7.99. The number of carbonyl (C=O) groups excluding carboxylic acids is 1. The van der Waals surface area contributed by atoms with Crippen LogP contribution in [0.2, 0.25) is 5.02 Å². The van der Waals surface area contributed by atoms with Crippen molar-refractivity contribution >= 4 is 46.3 Å². The van der Waals surface area contributed by atoms with Crippen molar-refractivity contribution in [2.45, 2.75) is 6.42 Å². The van der Waals surface area contributed by atoms with Gasteiger partial charge in [0.1, 0.15) is 22.9 Å². The van der Waals surface area contributed by atoms with Gasteiger partial charge in [0.15, 0.2) is 0 Å². The Morgan fingerprint density at radius 2 is 2.27 bits per heavy atom. The zero-order valence-electron chi connectivity index (χ0n) is 14.1. The second kappa shape index (κ2) is 6.63. The average molecular weight is 393 g/mol.